The van der Waals surface area contributed by atoms with E-state index in [9.17, 15) is 4.79 Å². The second-order valence-electron chi connectivity index (χ2n) is 5.00. The van der Waals surface area contributed by atoms with Crippen LogP contribution >= 0.6 is 0 Å². The zero-order valence-electron chi connectivity index (χ0n) is 10.9. The lowest BCUT2D eigenvalue weighted by Gasteiger charge is -2.21. The molecule has 5 nitrogen and oxygen atoms in total. The fraction of sp³-hybridized carbons (Fsp3) is 0.692. The highest BCUT2D eigenvalue weighted by molar-refractivity contribution is 5.91. The lowest BCUT2D eigenvalue weighted by molar-refractivity contribution is -0.119. The maximum atomic E-state index is 11.9. The van der Waals surface area contributed by atoms with Crippen molar-refractivity contribution in [2.24, 2.45) is 0 Å². The SMILES string of the molecule is CC(C)c1oncc1NC(=O)CC1CCCCO1. The van der Waals surface area contributed by atoms with Crippen molar-refractivity contribution >= 4 is 11.6 Å². The Balaban J connectivity index is 1.88. The van der Waals surface area contributed by atoms with Gasteiger partial charge in [-0.2, -0.15) is 0 Å². The van der Waals surface area contributed by atoms with Gasteiger partial charge in [0.15, 0.2) is 5.76 Å². The number of aromatic nitrogens is 1. The van der Waals surface area contributed by atoms with Crippen LogP contribution in [-0.2, 0) is 9.53 Å². The van der Waals surface area contributed by atoms with Crippen LogP contribution in [0, 0.1) is 0 Å². The van der Waals surface area contributed by atoms with Crippen LogP contribution in [0.2, 0.25) is 0 Å². The number of ether oxygens (including phenoxy) is 1. The van der Waals surface area contributed by atoms with Crippen LogP contribution in [0.25, 0.3) is 0 Å². The third kappa shape index (κ3) is 3.32. The van der Waals surface area contributed by atoms with Crippen molar-refractivity contribution in [1.29, 1.82) is 0 Å². The molecular weight excluding hydrogens is 232 g/mol. The second-order valence-corrected chi connectivity index (χ2v) is 5.00. The van der Waals surface area contributed by atoms with E-state index in [4.69, 9.17) is 9.26 Å². The third-order valence-corrected chi connectivity index (χ3v) is 3.08. The van der Waals surface area contributed by atoms with Crippen LogP contribution < -0.4 is 5.32 Å². The van der Waals surface area contributed by atoms with Gasteiger partial charge in [0, 0.05) is 12.5 Å². The van der Waals surface area contributed by atoms with Crippen molar-refractivity contribution in [3.05, 3.63) is 12.0 Å². The van der Waals surface area contributed by atoms with Crippen molar-refractivity contribution < 1.29 is 14.1 Å². The summed E-state index contributed by atoms with van der Waals surface area (Å²) in [5.74, 6) is 0.883. The van der Waals surface area contributed by atoms with Crippen LogP contribution in [0.5, 0.6) is 0 Å². The molecule has 0 radical (unpaired) electrons. The number of nitrogens with zero attached hydrogens (tertiary/aromatic N) is 1. The Hall–Kier alpha value is -1.36. The van der Waals surface area contributed by atoms with E-state index in [0.717, 1.165) is 25.9 Å². The Bertz CT molecular complexity index is 395. The summed E-state index contributed by atoms with van der Waals surface area (Å²) in [7, 11) is 0. The van der Waals surface area contributed by atoms with Crippen LogP contribution in [0.4, 0.5) is 5.69 Å². The van der Waals surface area contributed by atoms with Crippen molar-refractivity contribution in [2.45, 2.75) is 51.6 Å². The lowest BCUT2D eigenvalue weighted by Crippen LogP contribution is -2.25. The third-order valence-electron chi connectivity index (χ3n) is 3.08. The molecule has 0 saturated carbocycles. The molecule has 18 heavy (non-hydrogen) atoms. The highest BCUT2D eigenvalue weighted by atomic mass is 16.5. The molecule has 1 aromatic rings. The van der Waals surface area contributed by atoms with Crippen molar-refractivity contribution in [1.82, 2.24) is 5.16 Å². The average molecular weight is 252 g/mol. The molecule has 1 N–H and O–H groups in total. The van der Waals surface area contributed by atoms with E-state index in [2.05, 4.69) is 10.5 Å². The Morgan fingerprint density at radius 1 is 1.56 bits per heavy atom. The molecule has 5 heteroatoms. The molecular formula is C13H20N2O3. The summed E-state index contributed by atoms with van der Waals surface area (Å²) in [5.41, 5.74) is 0.672. The van der Waals surface area contributed by atoms with E-state index >= 15 is 0 Å². The van der Waals surface area contributed by atoms with Gasteiger partial charge < -0.3 is 14.6 Å². The van der Waals surface area contributed by atoms with E-state index in [1.54, 1.807) is 6.20 Å². The molecule has 1 saturated heterocycles. The van der Waals surface area contributed by atoms with Gasteiger partial charge in [0.2, 0.25) is 5.91 Å². The maximum absolute atomic E-state index is 11.9. The molecule has 0 aromatic carbocycles. The normalized spacial score (nSPS) is 20.1. The number of hydrogen-bond donors (Lipinski definition) is 1. The molecule has 2 heterocycles. The summed E-state index contributed by atoms with van der Waals surface area (Å²) in [6.45, 7) is 4.77. The summed E-state index contributed by atoms with van der Waals surface area (Å²) in [6, 6.07) is 0. The number of amides is 1. The molecule has 1 fully saturated rings. The first-order chi connectivity index (χ1) is 8.66. The molecule has 1 amide bonds. The van der Waals surface area contributed by atoms with Gasteiger partial charge >= 0.3 is 0 Å². The van der Waals surface area contributed by atoms with E-state index in [1.165, 1.54) is 0 Å². The molecule has 1 atom stereocenters. The van der Waals surface area contributed by atoms with Gasteiger partial charge in [-0.05, 0) is 19.3 Å². The van der Waals surface area contributed by atoms with Crippen molar-refractivity contribution in [3.8, 4) is 0 Å². The predicted molar refractivity (Wildman–Crippen MR) is 67.4 cm³/mol. The molecule has 0 bridgehead atoms. The molecule has 2 rings (SSSR count). The van der Waals surface area contributed by atoms with Gasteiger partial charge in [-0.25, -0.2) is 0 Å². The summed E-state index contributed by atoms with van der Waals surface area (Å²) in [5, 5.41) is 6.57. The number of carbonyl (C=O) groups excluding carboxylic acids is 1. The van der Waals surface area contributed by atoms with Gasteiger partial charge in [0.1, 0.15) is 5.69 Å². The summed E-state index contributed by atoms with van der Waals surface area (Å²) < 4.78 is 10.7. The summed E-state index contributed by atoms with van der Waals surface area (Å²) in [6.07, 6.45) is 5.22. The van der Waals surface area contributed by atoms with Crippen LogP contribution in [0.15, 0.2) is 10.7 Å². The van der Waals surface area contributed by atoms with Crippen LogP contribution in [0.3, 0.4) is 0 Å². The molecule has 1 aliphatic heterocycles. The molecule has 1 aromatic heterocycles. The monoisotopic (exact) mass is 252 g/mol. The number of hydrogen-bond acceptors (Lipinski definition) is 4. The van der Waals surface area contributed by atoms with E-state index in [1.807, 2.05) is 13.8 Å². The maximum Gasteiger partial charge on any atom is 0.227 e. The Labute approximate surface area is 107 Å². The zero-order chi connectivity index (χ0) is 13.0. The van der Waals surface area contributed by atoms with Crippen LogP contribution in [0.1, 0.15) is 51.2 Å². The molecule has 1 unspecified atom stereocenters. The van der Waals surface area contributed by atoms with Gasteiger partial charge in [-0.1, -0.05) is 19.0 Å². The highest BCUT2D eigenvalue weighted by Gasteiger charge is 2.20. The number of anilines is 1. The van der Waals surface area contributed by atoms with Crippen molar-refractivity contribution in [3.63, 3.8) is 0 Å². The second kappa shape index (κ2) is 6.00. The summed E-state index contributed by atoms with van der Waals surface area (Å²) >= 11 is 0. The minimum absolute atomic E-state index is 0.0352. The minimum Gasteiger partial charge on any atom is -0.378 e. The lowest BCUT2D eigenvalue weighted by atomic mass is 10.1. The number of carbonyl (C=O) groups is 1. The smallest absolute Gasteiger partial charge is 0.227 e. The topological polar surface area (TPSA) is 64.4 Å². The number of rotatable bonds is 4. The van der Waals surface area contributed by atoms with E-state index in [0.29, 0.717) is 17.9 Å². The summed E-state index contributed by atoms with van der Waals surface area (Å²) in [4.78, 5) is 11.9. The number of nitrogens with one attached hydrogen (secondary N) is 1. The molecule has 0 aliphatic carbocycles. The van der Waals surface area contributed by atoms with E-state index < -0.39 is 0 Å². The molecule has 100 valence electrons. The van der Waals surface area contributed by atoms with Crippen LogP contribution in [-0.4, -0.2) is 23.8 Å². The minimum atomic E-state index is -0.0352. The van der Waals surface area contributed by atoms with Gasteiger partial charge in [-0.3, -0.25) is 4.79 Å². The van der Waals surface area contributed by atoms with Gasteiger partial charge in [-0.15, -0.1) is 0 Å². The largest absolute Gasteiger partial charge is 0.378 e. The zero-order valence-corrected chi connectivity index (χ0v) is 10.9. The standard InChI is InChI=1S/C13H20N2O3/c1-9(2)13-11(8-14-18-13)15-12(16)7-10-5-3-4-6-17-10/h8-10H,3-7H2,1-2H3,(H,15,16). The first-order valence-corrected chi connectivity index (χ1v) is 6.53. The molecule has 1 aliphatic rings. The first kappa shape index (κ1) is 13.1. The Morgan fingerprint density at radius 2 is 2.39 bits per heavy atom. The fourth-order valence-electron chi connectivity index (χ4n) is 2.14. The quantitative estimate of drug-likeness (QED) is 0.894. The first-order valence-electron chi connectivity index (χ1n) is 6.53. The van der Waals surface area contributed by atoms with Gasteiger partial charge in [0.25, 0.3) is 0 Å². The fourth-order valence-corrected chi connectivity index (χ4v) is 2.14. The Morgan fingerprint density at radius 3 is 3.06 bits per heavy atom. The highest BCUT2D eigenvalue weighted by Crippen LogP contribution is 2.24. The van der Waals surface area contributed by atoms with Crippen molar-refractivity contribution in [2.75, 3.05) is 11.9 Å². The molecule has 0 spiro atoms. The average Bonchev–Trinajstić information content (AvgIpc) is 2.78. The predicted octanol–water partition coefficient (Wildman–Crippen LogP) is 2.70. The van der Waals surface area contributed by atoms with E-state index in [-0.39, 0.29) is 17.9 Å². The Kier molecular flexibility index (Phi) is 4.36. The van der Waals surface area contributed by atoms with Gasteiger partial charge in [0.05, 0.1) is 18.7 Å².